The maximum Gasteiger partial charge on any atom is 0.346 e. The second kappa shape index (κ2) is 10.2. The lowest BCUT2D eigenvalue weighted by molar-refractivity contribution is -0.386. The first-order chi connectivity index (χ1) is 16.3. The summed E-state index contributed by atoms with van der Waals surface area (Å²) >= 11 is 6.62. The number of nitrogens with zero attached hydrogens (tertiary/aromatic N) is 4. The highest BCUT2D eigenvalue weighted by Crippen LogP contribution is 2.35. The normalized spacial score (nSPS) is 12.7. The number of carbonyl (C=O) groups is 1. The van der Waals surface area contributed by atoms with Gasteiger partial charge in [-0.3, -0.25) is 14.9 Å². The topological polar surface area (TPSA) is 126 Å². The number of methoxy groups -OCH3 is 1. The van der Waals surface area contributed by atoms with Gasteiger partial charge in [-0.25, -0.2) is 9.78 Å². The Labute approximate surface area is 217 Å². The Morgan fingerprint density at radius 2 is 1.91 bits per heavy atom. The Bertz CT molecular complexity index is 1410. The van der Waals surface area contributed by atoms with Crippen molar-refractivity contribution in [3.05, 3.63) is 71.1 Å². The molecule has 0 aliphatic heterocycles. The molecule has 3 rings (SSSR count). The van der Waals surface area contributed by atoms with Gasteiger partial charge in [0.05, 0.1) is 29.2 Å². The summed E-state index contributed by atoms with van der Waals surface area (Å²) in [5.74, 6) is -0.509. The second-order valence-corrected chi connectivity index (χ2v) is 10.4. The number of aromatic nitrogens is 2. The fourth-order valence-electron chi connectivity index (χ4n) is 3.21. The van der Waals surface area contributed by atoms with E-state index >= 15 is 0 Å². The number of fused-ring (bicyclic) bond motifs is 1. The Morgan fingerprint density at radius 3 is 2.51 bits per heavy atom. The number of nitro groups is 1. The largest absolute Gasteiger partial charge is 0.471 e. The van der Waals surface area contributed by atoms with Crippen LogP contribution in [0.2, 0.25) is 0 Å². The molecule has 2 aromatic carbocycles. The molecule has 0 amide bonds. The number of carbonyl (C=O) groups excluding carboxylic acids is 1. The summed E-state index contributed by atoms with van der Waals surface area (Å²) in [4.78, 5) is 41.0. The highest BCUT2D eigenvalue weighted by molar-refractivity contribution is 9.10. The average Bonchev–Trinajstić information content (AvgIpc) is 2.78. The summed E-state index contributed by atoms with van der Waals surface area (Å²) in [6.07, 6.45) is 0.138. The lowest BCUT2D eigenvalue weighted by Gasteiger charge is -2.21. The molecule has 0 unspecified atom stereocenters. The minimum atomic E-state index is -1.13. The molecule has 0 fully saturated rings. The summed E-state index contributed by atoms with van der Waals surface area (Å²) in [6, 6.07) is 7.96. The Hall–Kier alpha value is -3.12. The average molecular weight is 610 g/mol. The fraction of sp³-hybridized carbons (Fsp3) is 0.304. The molecule has 3 aromatic rings. The molecule has 0 aliphatic rings. The van der Waals surface area contributed by atoms with Crippen LogP contribution in [0.3, 0.4) is 0 Å². The molecule has 0 bridgehead atoms. The lowest BCUT2D eigenvalue weighted by atomic mass is 9.95. The van der Waals surface area contributed by atoms with Crippen LogP contribution in [0.5, 0.6) is 5.75 Å². The third-order valence-corrected chi connectivity index (χ3v) is 5.83. The van der Waals surface area contributed by atoms with Crippen molar-refractivity contribution in [3.63, 3.8) is 0 Å². The van der Waals surface area contributed by atoms with Gasteiger partial charge >= 0.3 is 11.7 Å². The first-order valence-electron chi connectivity index (χ1n) is 10.3. The van der Waals surface area contributed by atoms with Crippen LogP contribution < -0.4 is 10.3 Å². The van der Waals surface area contributed by atoms with E-state index in [4.69, 9.17) is 4.74 Å². The second-order valence-electron chi connectivity index (χ2n) is 8.59. The maximum absolute atomic E-state index is 13.4. The van der Waals surface area contributed by atoms with Gasteiger partial charge in [-0.2, -0.15) is 9.78 Å². The summed E-state index contributed by atoms with van der Waals surface area (Å²) < 4.78 is 12.5. The molecule has 1 heterocycles. The van der Waals surface area contributed by atoms with Crippen molar-refractivity contribution in [3.8, 4) is 5.75 Å². The fourth-order valence-corrected chi connectivity index (χ4v) is 4.04. The molecule has 184 valence electrons. The van der Waals surface area contributed by atoms with E-state index in [9.17, 15) is 19.7 Å². The highest BCUT2D eigenvalue weighted by Gasteiger charge is 2.26. The highest BCUT2D eigenvalue weighted by atomic mass is 79.9. The molecule has 12 heteroatoms. The molecule has 0 N–H and O–H groups in total. The van der Waals surface area contributed by atoms with Crippen molar-refractivity contribution < 1.29 is 19.2 Å². The van der Waals surface area contributed by atoms with Crippen molar-refractivity contribution in [2.75, 3.05) is 7.11 Å². The molecule has 0 radical (unpaired) electrons. The van der Waals surface area contributed by atoms with Crippen molar-refractivity contribution in [1.29, 1.82) is 0 Å². The molecule has 1 atom stereocenters. The molecular weight excluding hydrogens is 588 g/mol. The first kappa shape index (κ1) is 26.5. The van der Waals surface area contributed by atoms with Gasteiger partial charge in [0.15, 0.2) is 6.10 Å². The minimum Gasteiger partial charge on any atom is -0.471 e. The van der Waals surface area contributed by atoms with Gasteiger partial charge < -0.3 is 9.47 Å². The summed E-state index contributed by atoms with van der Waals surface area (Å²) in [5.41, 5.74) is -0.667. The van der Waals surface area contributed by atoms with E-state index in [0.29, 0.717) is 25.7 Å². The minimum absolute atomic E-state index is 0.169. The van der Waals surface area contributed by atoms with Gasteiger partial charge in [0.25, 0.3) is 5.56 Å². The monoisotopic (exact) mass is 608 g/mol. The van der Waals surface area contributed by atoms with Crippen LogP contribution in [-0.2, 0) is 14.9 Å². The molecule has 0 aliphatic carbocycles. The summed E-state index contributed by atoms with van der Waals surface area (Å²) in [6.45, 7) is 7.08. The predicted octanol–water partition coefficient (Wildman–Crippen LogP) is 4.95. The van der Waals surface area contributed by atoms with E-state index in [1.165, 1.54) is 32.4 Å². The van der Waals surface area contributed by atoms with Gasteiger partial charge in [0.1, 0.15) is 5.82 Å². The third kappa shape index (κ3) is 5.76. The van der Waals surface area contributed by atoms with Gasteiger partial charge in [-0.1, -0.05) is 52.6 Å². The number of hydrogen-bond acceptors (Lipinski definition) is 8. The zero-order valence-electron chi connectivity index (χ0n) is 19.5. The zero-order chi connectivity index (χ0) is 26.1. The number of esters is 1. The van der Waals surface area contributed by atoms with Gasteiger partial charge in [-0.15, -0.1) is 0 Å². The van der Waals surface area contributed by atoms with Gasteiger partial charge in [0, 0.05) is 26.0 Å². The molecule has 0 spiro atoms. The first-order valence-corrected chi connectivity index (χ1v) is 11.9. The number of halogens is 2. The molecule has 0 saturated heterocycles. The van der Waals surface area contributed by atoms with Crippen LogP contribution in [0.4, 0.5) is 5.69 Å². The van der Waals surface area contributed by atoms with Gasteiger partial charge in [-0.05, 0) is 31.2 Å². The molecular formula is C23H22Br2N4O6. The smallest absolute Gasteiger partial charge is 0.346 e. The van der Waals surface area contributed by atoms with E-state index in [1.54, 1.807) is 18.2 Å². The van der Waals surface area contributed by atoms with Crippen LogP contribution in [0.25, 0.3) is 10.9 Å². The number of rotatable bonds is 6. The SMILES string of the molecule is COC(=O)[C@H](C)Oc1c(C=Nn2c(C(C)(C)C)nc3ccc(Br)cc3c2=O)cc(Br)cc1[N+](=O)[O-]. The Balaban J connectivity index is 2.25. The molecule has 35 heavy (non-hydrogen) atoms. The van der Waals surface area contributed by atoms with Crippen LogP contribution in [0, 0.1) is 10.1 Å². The Morgan fingerprint density at radius 1 is 1.23 bits per heavy atom. The van der Waals surface area contributed by atoms with Crippen LogP contribution in [0.1, 0.15) is 39.1 Å². The molecule has 1 aromatic heterocycles. The van der Waals surface area contributed by atoms with Crippen LogP contribution >= 0.6 is 31.9 Å². The summed E-state index contributed by atoms with van der Waals surface area (Å²) in [5, 5.41) is 16.4. The quantitative estimate of drug-likeness (QED) is 0.167. The van der Waals surface area contributed by atoms with E-state index in [0.717, 1.165) is 4.68 Å². The number of hydrogen-bond donors (Lipinski definition) is 0. The molecule has 0 saturated carbocycles. The zero-order valence-corrected chi connectivity index (χ0v) is 22.7. The van der Waals surface area contributed by atoms with Crippen LogP contribution in [0.15, 0.2) is 49.2 Å². The van der Waals surface area contributed by atoms with E-state index in [-0.39, 0.29) is 17.0 Å². The number of ether oxygens (including phenoxy) is 2. The van der Waals surface area contributed by atoms with E-state index < -0.39 is 28.0 Å². The van der Waals surface area contributed by atoms with Crippen molar-refractivity contribution >= 4 is 60.6 Å². The van der Waals surface area contributed by atoms with Crippen molar-refractivity contribution in [1.82, 2.24) is 9.66 Å². The van der Waals surface area contributed by atoms with E-state index in [2.05, 4.69) is 46.7 Å². The Kier molecular flexibility index (Phi) is 7.75. The van der Waals surface area contributed by atoms with Crippen molar-refractivity contribution in [2.45, 2.75) is 39.2 Å². The maximum atomic E-state index is 13.4. The van der Waals surface area contributed by atoms with Crippen molar-refractivity contribution in [2.24, 2.45) is 5.10 Å². The van der Waals surface area contributed by atoms with Gasteiger partial charge in [0.2, 0.25) is 5.75 Å². The lowest BCUT2D eigenvalue weighted by Crippen LogP contribution is -2.29. The van der Waals surface area contributed by atoms with Crippen LogP contribution in [-0.4, -0.2) is 40.0 Å². The van der Waals surface area contributed by atoms with E-state index in [1.807, 2.05) is 20.8 Å². The number of benzene rings is 2. The standard InChI is InChI=1S/C23H22Br2N4O6/c1-12(21(31)34-5)35-19-13(8-15(25)10-18(19)29(32)33)11-26-28-20(30)16-9-14(24)6-7-17(16)27-22(28)23(2,3)4/h6-12H,1-5H3/t12-/m0/s1. The molecule has 10 nitrogen and oxygen atoms in total. The number of nitro benzene ring substituents is 1. The third-order valence-electron chi connectivity index (χ3n) is 4.88. The predicted molar refractivity (Wildman–Crippen MR) is 138 cm³/mol. The summed E-state index contributed by atoms with van der Waals surface area (Å²) in [7, 11) is 1.19.